The first kappa shape index (κ1) is 16.4. The quantitative estimate of drug-likeness (QED) is 0.834. The average Bonchev–Trinajstić information content (AvgIpc) is 2.91. The van der Waals surface area contributed by atoms with Gasteiger partial charge in [-0.15, -0.1) is 11.3 Å². The molecule has 1 aromatic heterocycles. The summed E-state index contributed by atoms with van der Waals surface area (Å²) in [5, 5.41) is 10.8. The molecule has 2 heterocycles. The molecular weight excluding hydrogens is 312 g/mol. The molecule has 6 nitrogen and oxygen atoms in total. The number of nitrogens with one attached hydrogen (secondary N) is 1. The lowest BCUT2D eigenvalue weighted by Gasteiger charge is -2.33. The van der Waals surface area contributed by atoms with Crippen molar-refractivity contribution < 1.29 is 18.3 Å². The van der Waals surface area contributed by atoms with Gasteiger partial charge in [0.1, 0.15) is 0 Å². The number of hydrogen-bond acceptors (Lipinski definition) is 4. The standard InChI is InChI=1S/C13H20N2O4S2/c1-10-5-2-3-7-15(10)21(18,19)14-11(9-13(16)17)12-6-4-8-20-12/h4,6,8,10-11,14H,2-3,5,7,9H2,1H3,(H,16,17). The van der Waals surface area contributed by atoms with Gasteiger partial charge in [0.2, 0.25) is 0 Å². The van der Waals surface area contributed by atoms with E-state index < -0.39 is 22.2 Å². The topological polar surface area (TPSA) is 86.7 Å². The fourth-order valence-corrected chi connectivity index (χ4v) is 5.05. The van der Waals surface area contributed by atoms with Crippen LogP contribution in [0.5, 0.6) is 0 Å². The maximum absolute atomic E-state index is 12.5. The van der Waals surface area contributed by atoms with E-state index in [2.05, 4.69) is 4.72 Å². The molecule has 8 heteroatoms. The second-order valence-electron chi connectivity index (χ2n) is 5.24. The maximum atomic E-state index is 12.5. The number of aliphatic carboxylic acids is 1. The van der Waals surface area contributed by atoms with Gasteiger partial charge in [0.25, 0.3) is 10.2 Å². The van der Waals surface area contributed by atoms with Crippen LogP contribution in [0.15, 0.2) is 17.5 Å². The van der Waals surface area contributed by atoms with Crippen molar-refractivity contribution in [3.05, 3.63) is 22.4 Å². The van der Waals surface area contributed by atoms with Crippen molar-refractivity contribution in [3.63, 3.8) is 0 Å². The smallest absolute Gasteiger partial charge is 0.305 e. The van der Waals surface area contributed by atoms with Gasteiger partial charge < -0.3 is 5.11 Å². The second kappa shape index (κ2) is 6.87. The van der Waals surface area contributed by atoms with Crippen molar-refractivity contribution in [3.8, 4) is 0 Å². The molecule has 1 saturated heterocycles. The van der Waals surface area contributed by atoms with Gasteiger partial charge in [0.15, 0.2) is 0 Å². The first-order valence-corrected chi connectivity index (χ1v) is 9.26. The molecular formula is C13H20N2O4S2. The monoisotopic (exact) mass is 332 g/mol. The summed E-state index contributed by atoms with van der Waals surface area (Å²) in [5.41, 5.74) is 0. The molecule has 0 bridgehead atoms. The van der Waals surface area contributed by atoms with Crippen LogP contribution in [0, 0.1) is 0 Å². The Labute approximate surface area is 129 Å². The third-order valence-corrected chi connectivity index (χ3v) is 6.34. The molecule has 1 fully saturated rings. The highest BCUT2D eigenvalue weighted by atomic mass is 32.2. The third-order valence-electron chi connectivity index (χ3n) is 3.61. The molecule has 0 radical (unpaired) electrons. The minimum atomic E-state index is -3.68. The molecule has 0 saturated carbocycles. The van der Waals surface area contributed by atoms with Crippen LogP contribution in [0.2, 0.25) is 0 Å². The summed E-state index contributed by atoms with van der Waals surface area (Å²) >= 11 is 1.35. The number of nitrogens with zero attached hydrogens (tertiary/aromatic N) is 1. The van der Waals surface area contributed by atoms with E-state index in [1.807, 2.05) is 12.3 Å². The van der Waals surface area contributed by atoms with Crippen molar-refractivity contribution in [2.45, 2.75) is 44.7 Å². The maximum Gasteiger partial charge on any atom is 0.305 e. The van der Waals surface area contributed by atoms with Gasteiger partial charge in [-0.25, -0.2) is 0 Å². The Hall–Kier alpha value is -0.960. The fourth-order valence-electron chi connectivity index (χ4n) is 2.54. The molecule has 0 amide bonds. The Bertz CT molecular complexity index is 571. The van der Waals surface area contributed by atoms with Gasteiger partial charge in [-0.3, -0.25) is 4.79 Å². The van der Waals surface area contributed by atoms with Crippen LogP contribution in [0.25, 0.3) is 0 Å². The highest BCUT2D eigenvalue weighted by Gasteiger charge is 2.32. The van der Waals surface area contributed by atoms with Crippen molar-refractivity contribution >= 4 is 27.5 Å². The summed E-state index contributed by atoms with van der Waals surface area (Å²) in [6, 6.07) is 2.76. The first-order valence-electron chi connectivity index (χ1n) is 6.94. The SMILES string of the molecule is CC1CCCCN1S(=O)(=O)NC(CC(=O)O)c1cccs1. The van der Waals surface area contributed by atoms with Crippen molar-refractivity contribution in [2.75, 3.05) is 6.54 Å². The van der Waals surface area contributed by atoms with Crippen LogP contribution >= 0.6 is 11.3 Å². The van der Waals surface area contributed by atoms with Crippen molar-refractivity contribution in [1.29, 1.82) is 0 Å². The number of hydrogen-bond donors (Lipinski definition) is 2. The highest BCUT2D eigenvalue weighted by Crippen LogP contribution is 2.25. The lowest BCUT2D eigenvalue weighted by atomic mass is 10.1. The van der Waals surface area contributed by atoms with Gasteiger partial charge in [0, 0.05) is 17.5 Å². The average molecular weight is 332 g/mol. The predicted octanol–water partition coefficient (Wildman–Crippen LogP) is 1.97. The number of thiophene rings is 1. The van der Waals surface area contributed by atoms with Crippen LogP contribution < -0.4 is 4.72 Å². The van der Waals surface area contributed by atoms with E-state index in [9.17, 15) is 13.2 Å². The summed E-state index contributed by atoms with van der Waals surface area (Å²) in [6.07, 6.45) is 2.44. The molecule has 0 spiro atoms. The van der Waals surface area contributed by atoms with Gasteiger partial charge >= 0.3 is 5.97 Å². The Balaban J connectivity index is 2.16. The zero-order valence-corrected chi connectivity index (χ0v) is 13.5. The predicted molar refractivity (Wildman–Crippen MR) is 81.4 cm³/mol. The molecule has 1 aliphatic heterocycles. The number of carbonyl (C=O) groups is 1. The Morgan fingerprint density at radius 3 is 2.90 bits per heavy atom. The van der Waals surface area contributed by atoms with Crippen LogP contribution in [-0.2, 0) is 15.0 Å². The molecule has 0 aliphatic carbocycles. The van der Waals surface area contributed by atoms with E-state index >= 15 is 0 Å². The van der Waals surface area contributed by atoms with Crippen molar-refractivity contribution in [1.82, 2.24) is 9.03 Å². The molecule has 2 N–H and O–H groups in total. The number of carboxylic acids is 1. The number of carboxylic acid groups (broad SMARTS) is 1. The van der Waals surface area contributed by atoms with Crippen molar-refractivity contribution in [2.24, 2.45) is 0 Å². The van der Waals surface area contributed by atoms with Gasteiger partial charge in [-0.2, -0.15) is 17.4 Å². The zero-order chi connectivity index (χ0) is 15.5. The second-order valence-corrected chi connectivity index (χ2v) is 7.88. The molecule has 1 aliphatic rings. The molecule has 2 unspecified atom stereocenters. The zero-order valence-electron chi connectivity index (χ0n) is 11.9. The fraction of sp³-hybridized carbons (Fsp3) is 0.615. The van der Waals surface area contributed by atoms with E-state index in [1.165, 1.54) is 15.6 Å². The Morgan fingerprint density at radius 2 is 2.33 bits per heavy atom. The summed E-state index contributed by atoms with van der Waals surface area (Å²) in [4.78, 5) is 11.7. The third kappa shape index (κ3) is 4.26. The summed E-state index contributed by atoms with van der Waals surface area (Å²) in [6.45, 7) is 2.37. The molecule has 2 rings (SSSR count). The Kier molecular flexibility index (Phi) is 5.37. The van der Waals surface area contributed by atoms with Gasteiger partial charge in [0.05, 0.1) is 12.5 Å². The molecule has 0 aromatic carbocycles. The lowest BCUT2D eigenvalue weighted by Crippen LogP contribution is -2.48. The molecule has 118 valence electrons. The lowest BCUT2D eigenvalue weighted by molar-refractivity contribution is -0.137. The van der Waals surface area contributed by atoms with Crippen LogP contribution in [0.4, 0.5) is 0 Å². The normalized spacial score (nSPS) is 22.0. The van der Waals surface area contributed by atoms with E-state index in [4.69, 9.17) is 5.11 Å². The van der Waals surface area contributed by atoms with Gasteiger partial charge in [-0.05, 0) is 31.2 Å². The summed E-state index contributed by atoms with van der Waals surface area (Å²) in [7, 11) is -3.68. The Morgan fingerprint density at radius 1 is 1.57 bits per heavy atom. The van der Waals surface area contributed by atoms with Crippen LogP contribution in [0.3, 0.4) is 0 Å². The van der Waals surface area contributed by atoms with Crippen LogP contribution in [0.1, 0.15) is 43.5 Å². The van der Waals surface area contributed by atoms with E-state index in [0.29, 0.717) is 11.4 Å². The molecule has 21 heavy (non-hydrogen) atoms. The summed E-state index contributed by atoms with van der Waals surface area (Å²) < 4.78 is 29.0. The first-order chi connectivity index (χ1) is 9.90. The number of piperidine rings is 1. The molecule has 1 aromatic rings. The minimum Gasteiger partial charge on any atom is -0.481 e. The number of rotatable bonds is 6. The largest absolute Gasteiger partial charge is 0.481 e. The van der Waals surface area contributed by atoms with Crippen LogP contribution in [-0.4, -0.2) is 36.4 Å². The minimum absolute atomic E-state index is 0.0509. The van der Waals surface area contributed by atoms with Gasteiger partial charge in [-0.1, -0.05) is 12.5 Å². The van der Waals surface area contributed by atoms with E-state index in [-0.39, 0.29) is 12.5 Å². The molecule has 2 atom stereocenters. The highest BCUT2D eigenvalue weighted by molar-refractivity contribution is 7.87. The van der Waals surface area contributed by atoms with E-state index in [1.54, 1.807) is 12.1 Å². The van der Waals surface area contributed by atoms with E-state index in [0.717, 1.165) is 19.3 Å². The summed E-state index contributed by atoms with van der Waals surface area (Å²) in [5.74, 6) is -1.03.